The standard InChI is InChI=1S/C15H13ClF2N2OS/c16-11-9-10(5-6-12(11)17)20-15(22)19-7-8-21-14-4-2-1-3-13(14)18/h1-6,9H,7-8H2,(H2,19,20,22). The van der Waals surface area contributed by atoms with E-state index in [0.717, 1.165) is 0 Å². The smallest absolute Gasteiger partial charge is 0.170 e. The lowest BCUT2D eigenvalue weighted by atomic mass is 10.3. The van der Waals surface area contributed by atoms with Crippen LogP contribution in [0.2, 0.25) is 5.02 Å². The summed E-state index contributed by atoms with van der Waals surface area (Å²) >= 11 is 10.8. The van der Waals surface area contributed by atoms with Crippen LogP contribution in [0.25, 0.3) is 0 Å². The molecule has 0 atom stereocenters. The Balaban J connectivity index is 1.74. The van der Waals surface area contributed by atoms with Gasteiger partial charge in [-0.2, -0.15) is 0 Å². The van der Waals surface area contributed by atoms with Crippen LogP contribution < -0.4 is 15.4 Å². The molecule has 2 rings (SSSR count). The second-order valence-electron chi connectivity index (χ2n) is 4.29. The van der Waals surface area contributed by atoms with Gasteiger partial charge in [0, 0.05) is 5.69 Å². The largest absolute Gasteiger partial charge is 0.489 e. The van der Waals surface area contributed by atoms with Gasteiger partial charge in [-0.1, -0.05) is 23.7 Å². The van der Waals surface area contributed by atoms with Gasteiger partial charge < -0.3 is 15.4 Å². The topological polar surface area (TPSA) is 33.3 Å². The summed E-state index contributed by atoms with van der Waals surface area (Å²) < 4.78 is 31.6. The number of hydrogen-bond acceptors (Lipinski definition) is 2. The lowest BCUT2D eigenvalue weighted by molar-refractivity contribution is 0.306. The van der Waals surface area contributed by atoms with Gasteiger partial charge in [0.2, 0.25) is 0 Å². The molecule has 0 saturated carbocycles. The Morgan fingerprint density at radius 3 is 2.64 bits per heavy atom. The second-order valence-corrected chi connectivity index (χ2v) is 5.10. The molecular weight excluding hydrogens is 330 g/mol. The van der Waals surface area contributed by atoms with Crippen molar-refractivity contribution in [3.8, 4) is 5.75 Å². The van der Waals surface area contributed by atoms with E-state index in [1.54, 1.807) is 18.2 Å². The summed E-state index contributed by atoms with van der Waals surface area (Å²) in [5.41, 5.74) is 0.568. The maximum atomic E-state index is 13.3. The first-order valence-corrected chi connectivity index (χ1v) is 7.22. The number of benzene rings is 2. The van der Waals surface area contributed by atoms with Gasteiger partial charge in [-0.25, -0.2) is 8.78 Å². The second kappa shape index (κ2) is 7.91. The van der Waals surface area contributed by atoms with Crippen molar-refractivity contribution < 1.29 is 13.5 Å². The van der Waals surface area contributed by atoms with Crippen molar-refractivity contribution in [2.45, 2.75) is 0 Å². The van der Waals surface area contributed by atoms with Gasteiger partial charge in [0.05, 0.1) is 11.6 Å². The van der Waals surface area contributed by atoms with Gasteiger partial charge >= 0.3 is 0 Å². The zero-order chi connectivity index (χ0) is 15.9. The molecule has 3 nitrogen and oxygen atoms in total. The third-order valence-corrected chi connectivity index (χ3v) is 3.20. The summed E-state index contributed by atoms with van der Waals surface area (Å²) in [5.74, 6) is -0.720. The molecule has 0 aromatic heterocycles. The van der Waals surface area contributed by atoms with E-state index in [1.807, 2.05) is 0 Å². The first-order chi connectivity index (χ1) is 10.6. The van der Waals surface area contributed by atoms with Crippen molar-refractivity contribution in [1.29, 1.82) is 0 Å². The van der Waals surface area contributed by atoms with Crippen LogP contribution in [-0.4, -0.2) is 18.3 Å². The zero-order valence-electron chi connectivity index (χ0n) is 11.4. The number of halogens is 3. The molecule has 0 aliphatic carbocycles. The van der Waals surface area contributed by atoms with Crippen LogP contribution in [-0.2, 0) is 0 Å². The van der Waals surface area contributed by atoms with Crippen molar-refractivity contribution in [2.24, 2.45) is 0 Å². The molecule has 0 radical (unpaired) electrons. The summed E-state index contributed by atoms with van der Waals surface area (Å²) in [6, 6.07) is 10.4. The zero-order valence-corrected chi connectivity index (χ0v) is 13.0. The van der Waals surface area contributed by atoms with Crippen LogP contribution in [0.1, 0.15) is 0 Å². The summed E-state index contributed by atoms with van der Waals surface area (Å²) in [4.78, 5) is 0. The van der Waals surface area contributed by atoms with Crippen molar-refractivity contribution in [3.05, 3.63) is 59.1 Å². The fourth-order valence-electron chi connectivity index (χ4n) is 1.64. The third kappa shape index (κ3) is 4.82. The highest BCUT2D eigenvalue weighted by atomic mass is 35.5. The van der Waals surface area contributed by atoms with Crippen LogP contribution >= 0.6 is 23.8 Å². The lowest BCUT2D eigenvalue weighted by Gasteiger charge is -2.12. The molecule has 7 heteroatoms. The third-order valence-electron chi connectivity index (χ3n) is 2.66. The molecule has 0 spiro atoms. The quantitative estimate of drug-likeness (QED) is 0.636. The highest BCUT2D eigenvalue weighted by molar-refractivity contribution is 7.80. The van der Waals surface area contributed by atoms with E-state index in [-0.39, 0.29) is 17.4 Å². The predicted molar refractivity (Wildman–Crippen MR) is 87.5 cm³/mol. The van der Waals surface area contributed by atoms with Crippen molar-refractivity contribution in [1.82, 2.24) is 5.32 Å². The Bertz CT molecular complexity index is 670. The Morgan fingerprint density at radius 1 is 1.14 bits per heavy atom. The molecule has 0 bridgehead atoms. The van der Waals surface area contributed by atoms with Crippen molar-refractivity contribution in [3.63, 3.8) is 0 Å². The highest BCUT2D eigenvalue weighted by Gasteiger charge is 2.03. The molecule has 0 heterocycles. The summed E-state index contributed by atoms with van der Waals surface area (Å²) in [5, 5.41) is 6.09. The van der Waals surface area contributed by atoms with E-state index in [1.165, 1.54) is 24.3 Å². The minimum atomic E-state index is -0.496. The number of hydrogen-bond donors (Lipinski definition) is 2. The minimum absolute atomic E-state index is 0.00989. The van der Waals surface area contributed by atoms with Crippen molar-refractivity contribution in [2.75, 3.05) is 18.5 Å². The molecule has 0 amide bonds. The van der Waals surface area contributed by atoms with Crippen LogP contribution in [0.4, 0.5) is 14.5 Å². The van der Waals surface area contributed by atoms with Crippen LogP contribution in [0.3, 0.4) is 0 Å². The summed E-state index contributed by atoms with van der Waals surface area (Å²) in [6.45, 7) is 0.627. The highest BCUT2D eigenvalue weighted by Crippen LogP contribution is 2.19. The summed E-state index contributed by atoms with van der Waals surface area (Å²) in [6.07, 6.45) is 0. The molecule has 0 aliphatic rings. The van der Waals surface area contributed by atoms with Crippen molar-refractivity contribution >= 4 is 34.6 Å². The number of rotatable bonds is 5. The SMILES string of the molecule is Fc1ccc(NC(=S)NCCOc2ccccc2F)cc1Cl. The molecule has 0 fully saturated rings. The molecule has 2 aromatic rings. The van der Waals surface area contributed by atoms with Gasteiger partial charge in [0.15, 0.2) is 16.7 Å². The summed E-state index contributed by atoms with van der Waals surface area (Å²) in [7, 11) is 0. The van der Waals surface area contributed by atoms with Crippen LogP contribution in [0, 0.1) is 11.6 Å². The number of ether oxygens (including phenoxy) is 1. The van der Waals surface area contributed by atoms with Gasteiger partial charge in [-0.15, -0.1) is 0 Å². The van der Waals surface area contributed by atoms with E-state index in [0.29, 0.717) is 17.3 Å². The van der Waals surface area contributed by atoms with E-state index >= 15 is 0 Å². The fraction of sp³-hybridized carbons (Fsp3) is 0.133. The van der Waals surface area contributed by atoms with Crippen LogP contribution in [0.5, 0.6) is 5.75 Å². The number of nitrogens with one attached hydrogen (secondary N) is 2. The number of thiocarbonyl (C=S) groups is 1. The van der Waals surface area contributed by atoms with Gasteiger partial charge in [-0.05, 0) is 42.5 Å². The Labute approximate surface area is 137 Å². The molecule has 22 heavy (non-hydrogen) atoms. The Hall–Kier alpha value is -1.92. The first-order valence-electron chi connectivity index (χ1n) is 6.43. The molecule has 2 N–H and O–H groups in total. The van der Waals surface area contributed by atoms with Gasteiger partial charge in [-0.3, -0.25) is 0 Å². The van der Waals surface area contributed by atoms with E-state index in [2.05, 4.69) is 10.6 Å². The average molecular weight is 343 g/mol. The molecule has 0 saturated heterocycles. The normalized spacial score (nSPS) is 10.1. The molecule has 116 valence electrons. The van der Waals surface area contributed by atoms with Crippen LogP contribution in [0.15, 0.2) is 42.5 Å². The molecule has 0 aliphatic heterocycles. The molecular formula is C15H13ClF2N2OS. The minimum Gasteiger partial charge on any atom is -0.489 e. The van der Waals surface area contributed by atoms with Gasteiger partial charge in [0.1, 0.15) is 12.4 Å². The molecule has 2 aromatic carbocycles. The van der Waals surface area contributed by atoms with E-state index < -0.39 is 11.6 Å². The maximum absolute atomic E-state index is 13.3. The van der Waals surface area contributed by atoms with E-state index in [4.69, 9.17) is 28.6 Å². The fourth-order valence-corrected chi connectivity index (χ4v) is 2.04. The maximum Gasteiger partial charge on any atom is 0.170 e. The Kier molecular flexibility index (Phi) is 5.91. The first kappa shape index (κ1) is 16.5. The number of anilines is 1. The predicted octanol–water partition coefficient (Wildman–Crippen LogP) is 3.98. The van der Waals surface area contributed by atoms with Gasteiger partial charge in [0.25, 0.3) is 0 Å². The average Bonchev–Trinajstić information content (AvgIpc) is 2.49. The Morgan fingerprint density at radius 2 is 1.91 bits per heavy atom. The monoisotopic (exact) mass is 342 g/mol. The van der Waals surface area contributed by atoms with E-state index in [9.17, 15) is 8.78 Å². The lowest BCUT2D eigenvalue weighted by Crippen LogP contribution is -2.32. The number of para-hydroxylation sites is 1. The molecule has 0 unspecified atom stereocenters.